The molecule has 0 saturated heterocycles. The molecule has 3 aromatic rings. The standard InChI is InChI=1S/C25H25F2N7O4/c1-4-37-25(28)31-22-21(23(35)32-25)30-18(12-34(22)15-6-8-16(9-7-15)38-24(26)27)14-5-10-17-19(11-14)33(2)20(29-17)13-36-3/h5-12,24H,4,13,28H2,1-3H3,(H,32,35). The number of nitrogens with zero attached hydrogens (tertiary/aromatic N) is 5. The van der Waals surface area contributed by atoms with Gasteiger partial charge in [0.05, 0.1) is 16.7 Å². The molecule has 0 fully saturated rings. The Kier molecular flexibility index (Phi) is 6.65. The van der Waals surface area contributed by atoms with E-state index in [1.807, 2.05) is 29.8 Å². The van der Waals surface area contributed by atoms with E-state index in [1.54, 1.807) is 37.3 Å². The number of carbonyl (C=O) groups excluding carboxylic acids is 1. The summed E-state index contributed by atoms with van der Waals surface area (Å²) < 4.78 is 42.4. The van der Waals surface area contributed by atoms with Crippen LogP contribution in [0.15, 0.2) is 58.6 Å². The van der Waals surface area contributed by atoms with Crippen molar-refractivity contribution < 1.29 is 27.8 Å². The van der Waals surface area contributed by atoms with Gasteiger partial charge in [0.1, 0.15) is 18.2 Å². The predicted octanol–water partition coefficient (Wildman–Crippen LogP) is 2.72. The molecule has 0 radical (unpaired) electrons. The van der Waals surface area contributed by atoms with Gasteiger partial charge in [-0.3, -0.25) is 20.7 Å². The summed E-state index contributed by atoms with van der Waals surface area (Å²) in [6.45, 7) is -0.694. The zero-order chi connectivity index (χ0) is 27.0. The molecule has 2 aromatic carbocycles. The average molecular weight is 526 g/mol. The van der Waals surface area contributed by atoms with Gasteiger partial charge in [-0.25, -0.2) is 9.98 Å². The number of benzene rings is 2. The van der Waals surface area contributed by atoms with Crippen LogP contribution < -0.4 is 20.7 Å². The van der Waals surface area contributed by atoms with Gasteiger partial charge in [-0.05, 0) is 43.3 Å². The van der Waals surface area contributed by atoms with Crippen LogP contribution >= 0.6 is 0 Å². The highest BCUT2D eigenvalue weighted by Crippen LogP contribution is 2.31. The van der Waals surface area contributed by atoms with Gasteiger partial charge in [-0.2, -0.15) is 13.8 Å². The predicted molar refractivity (Wildman–Crippen MR) is 137 cm³/mol. The first-order chi connectivity index (χ1) is 18.2. The van der Waals surface area contributed by atoms with E-state index < -0.39 is 18.5 Å². The third-order valence-corrected chi connectivity index (χ3v) is 5.95. The normalized spacial score (nSPS) is 19.2. The van der Waals surface area contributed by atoms with E-state index in [1.165, 1.54) is 12.1 Å². The minimum absolute atomic E-state index is 0.0151. The topological polar surface area (TPSA) is 129 Å². The van der Waals surface area contributed by atoms with Gasteiger partial charge >= 0.3 is 12.6 Å². The Balaban J connectivity index is 1.62. The van der Waals surface area contributed by atoms with Gasteiger partial charge in [0.15, 0.2) is 11.5 Å². The van der Waals surface area contributed by atoms with E-state index in [0.717, 1.165) is 16.9 Å². The first-order valence-corrected chi connectivity index (χ1v) is 11.7. The lowest BCUT2D eigenvalue weighted by Gasteiger charge is -2.36. The number of anilines is 1. The Morgan fingerprint density at radius 1 is 1.18 bits per heavy atom. The molecule has 0 bridgehead atoms. The van der Waals surface area contributed by atoms with Crippen molar-refractivity contribution in [3.05, 3.63) is 60.1 Å². The molecule has 0 saturated carbocycles. The zero-order valence-corrected chi connectivity index (χ0v) is 20.8. The molecular formula is C25H25F2N7O4. The fourth-order valence-corrected chi connectivity index (χ4v) is 4.23. The molecule has 0 aliphatic carbocycles. The number of halogens is 2. The summed E-state index contributed by atoms with van der Waals surface area (Å²) in [6.07, 6.45) is 1.68. The maximum Gasteiger partial charge on any atom is 0.387 e. The maximum atomic E-state index is 13.1. The summed E-state index contributed by atoms with van der Waals surface area (Å²) in [5.41, 5.74) is 9.49. The van der Waals surface area contributed by atoms with Crippen LogP contribution in [0.1, 0.15) is 18.3 Å². The van der Waals surface area contributed by atoms with E-state index in [2.05, 4.69) is 25.0 Å². The molecule has 5 rings (SSSR count). The number of aliphatic imine (C=N–C) groups is 2. The number of aryl methyl sites for hydroxylation is 1. The van der Waals surface area contributed by atoms with Crippen molar-refractivity contribution in [2.45, 2.75) is 26.1 Å². The smallest absolute Gasteiger partial charge is 0.387 e. The first-order valence-electron chi connectivity index (χ1n) is 11.7. The number of ether oxygens (including phenoxy) is 3. The van der Waals surface area contributed by atoms with E-state index >= 15 is 0 Å². The Morgan fingerprint density at radius 3 is 2.63 bits per heavy atom. The number of nitrogens with one attached hydrogen (secondary N) is 1. The molecule has 2 aliphatic heterocycles. The summed E-state index contributed by atoms with van der Waals surface area (Å²) in [4.78, 5) is 28.3. The maximum absolute atomic E-state index is 13.1. The molecule has 1 unspecified atom stereocenters. The van der Waals surface area contributed by atoms with Gasteiger partial charge < -0.3 is 18.8 Å². The van der Waals surface area contributed by atoms with Crippen LogP contribution in [0.5, 0.6) is 5.75 Å². The highest BCUT2D eigenvalue weighted by atomic mass is 19.3. The van der Waals surface area contributed by atoms with Gasteiger partial charge in [-0.15, -0.1) is 0 Å². The summed E-state index contributed by atoms with van der Waals surface area (Å²) in [6, 6.07) is 11.5. The van der Waals surface area contributed by atoms with Crippen LogP contribution in [0.4, 0.5) is 14.5 Å². The van der Waals surface area contributed by atoms with Gasteiger partial charge in [0.2, 0.25) is 0 Å². The molecule has 2 aliphatic rings. The van der Waals surface area contributed by atoms with Crippen LogP contribution in [0.2, 0.25) is 0 Å². The lowest BCUT2D eigenvalue weighted by molar-refractivity contribution is -0.126. The number of amides is 1. The molecule has 3 N–H and O–H groups in total. The number of fused-ring (bicyclic) bond motifs is 2. The SMILES string of the molecule is CCOC1(N)N=C2C(=NC(c3ccc4nc(COC)n(C)c4c3)=CN2c2ccc(OC(F)F)cc2)C(=O)N1. The second-order valence-electron chi connectivity index (χ2n) is 8.46. The van der Waals surface area contributed by atoms with E-state index in [9.17, 15) is 13.6 Å². The Morgan fingerprint density at radius 2 is 1.95 bits per heavy atom. The summed E-state index contributed by atoms with van der Waals surface area (Å²) >= 11 is 0. The number of aromatic nitrogens is 2. The van der Waals surface area contributed by atoms with E-state index in [0.29, 0.717) is 23.6 Å². The molecule has 0 spiro atoms. The fraction of sp³-hybridized carbons (Fsp3) is 0.280. The van der Waals surface area contributed by atoms with Crippen LogP contribution in [0.3, 0.4) is 0 Å². The monoisotopic (exact) mass is 525 g/mol. The third kappa shape index (κ3) is 4.74. The van der Waals surface area contributed by atoms with Gasteiger partial charge in [-0.1, -0.05) is 6.07 Å². The Labute approximate surface area is 216 Å². The van der Waals surface area contributed by atoms with Crippen molar-refractivity contribution in [2.75, 3.05) is 18.6 Å². The van der Waals surface area contributed by atoms with Crippen molar-refractivity contribution >= 4 is 39.9 Å². The van der Waals surface area contributed by atoms with E-state index in [-0.39, 0.29) is 23.9 Å². The molecular weight excluding hydrogens is 500 g/mol. The summed E-state index contributed by atoms with van der Waals surface area (Å²) in [5, 5.41) is 2.54. The second kappa shape index (κ2) is 9.93. The van der Waals surface area contributed by atoms with Gasteiger partial charge in [0, 0.05) is 38.2 Å². The largest absolute Gasteiger partial charge is 0.435 e. The van der Waals surface area contributed by atoms with Crippen LogP contribution in [0, 0.1) is 0 Å². The number of alkyl halides is 2. The quantitative estimate of drug-likeness (QED) is 0.433. The lowest BCUT2D eigenvalue weighted by Crippen LogP contribution is -2.64. The zero-order valence-electron chi connectivity index (χ0n) is 20.8. The average Bonchev–Trinajstić information content (AvgIpc) is 3.18. The first kappa shape index (κ1) is 25.4. The van der Waals surface area contributed by atoms with Crippen molar-refractivity contribution in [3.8, 4) is 5.75 Å². The fourth-order valence-electron chi connectivity index (χ4n) is 4.23. The number of hydrogen-bond acceptors (Lipinski definition) is 9. The second-order valence-corrected chi connectivity index (χ2v) is 8.46. The molecule has 11 nitrogen and oxygen atoms in total. The number of hydrogen-bond donors (Lipinski definition) is 2. The molecule has 13 heteroatoms. The summed E-state index contributed by atoms with van der Waals surface area (Å²) in [7, 11) is 3.49. The van der Waals surface area contributed by atoms with Crippen molar-refractivity contribution in [3.63, 3.8) is 0 Å². The minimum atomic E-state index is -2.96. The highest BCUT2D eigenvalue weighted by molar-refractivity contribution is 6.70. The number of rotatable bonds is 8. The molecule has 198 valence electrons. The molecule has 38 heavy (non-hydrogen) atoms. The number of methoxy groups -OCH3 is 1. The Bertz CT molecular complexity index is 1480. The van der Waals surface area contributed by atoms with Crippen molar-refractivity contribution in [1.82, 2.24) is 14.9 Å². The Hall–Kier alpha value is -4.20. The van der Waals surface area contributed by atoms with Crippen LogP contribution in [-0.2, 0) is 27.9 Å². The number of imidazole rings is 1. The lowest BCUT2D eigenvalue weighted by atomic mass is 10.1. The summed E-state index contributed by atoms with van der Waals surface area (Å²) in [5.74, 6) is -1.50. The third-order valence-electron chi connectivity index (χ3n) is 5.95. The number of carbonyl (C=O) groups is 1. The molecule has 1 atom stereocenters. The minimum Gasteiger partial charge on any atom is -0.435 e. The van der Waals surface area contributed by atoms with E-state index in [4.69, 9.17) is 15.2 Å². The number of nitrogens with two attached hydrogens (primary N) is 1. The molecule has 1 amide bonds. The highest BCUT2D eigenvalue weighted by Gasteiger charge is 2.41. The molecule has 3 heterocycles. The van der Waals surface area contributed by atoms with Crippen molar-refractivity contribution in [1.29, 1.82) is 0 Å². The number of amidine groups is 1. The van der Waals surface area contributed by atoms with Gasteiger partial charge in [0.25, 0.3) is 5.91 Å². The van der Waals surface area contributed by atoms with Crippen molar-refractivity contribution in [2.24, 2.45) is 22.8 Å². The molecule has 1 aromatic heterocycles. The van der Waals surface area contributed by atoms with Crippen LogP contribution in [-0.4, -0.2) is 53.3 Å². The van der Waals surface area contributed by atoms with Crippen LogP contribution in [0.25, 0.3) is 16.7 Å².